The van der Waals surface area contributed by atoms with Gasteiger partial charge < -0.3 is 10.1 Å². The Labute approximate surface area is 175 Å². The van der Waals surface area contributed by atoms with Crippen molar-refractivity contribution in [2.24, 2.45) is 0 Å². The predicted octanol–water partition coefficient (Wildman–Crippen LogP) is 3.06. The van der Waals surface area contributed by atoms with Crippen molar-refractivity contribution in [1.82, 2.24) is 4.72 Å². The molecule has 2 rings (SSSR count). The van der Waals surface area contributed by atoms with Crippen molar-refractivity contribution in [3.8, 4) is 0 Å². The third kappa shape index (κ3) is 8.23. The first-order chi connectivity index (χ1) is 13.7. The van der Waals surface area contributed by atoms with Gasteiger partial charge in [0.25, 0.3) is 0 Å². The third-order valence-corrected chi connectivity index (χ3v) is 4.87. The predicted molar refractivity (Wildman–Crippen MR) is 112 cm³/mol. The number of carbonyl (C=O) groups excluding carboxylic acids is 2. The number of esters is 1. The number of anilines is 1. The zero-order chi connectivity index (χ0) is 21.4. The molecule has 0 heterocycles. The molecule has 1 atom stereocenters. The molecule has 0 radical (unpaired) electrons. The molecule has 9 heteroatoms. The highest BCUT2D eigenvalue weighted by Gasteiger charge is 2.20. The average Bonchev–Trinajstić information content (AvgIpc) is 2.62. The summed E-state index contributed by atoms with van der Waals surface area (Å²) in [6.45, 7) is 2.07. The standard InChI is InChI=1S/C20H23ClN2O5S/c1-3-28-20(25)12-14-4-10-17(11-5-14)22-19(24)13-18(23-29(2,26)27)15-6-8-16(21)9-7-15/h4-11,18,23H,3,12-13H2,1-2H3,(H,22,24). The summed E-state index contributed by atoms with van der Waals surface area (Å²) in [5.74, 6) is -0.679. The molecule has 0 aliphatic heterocycles. The number of hydrogen-bond donors (Lipinski definition) is 2. The Bertz CT molecular complexity index is 944. The summed E-state index contributed by atoms with van der Waals surface area (Å²) in [5.41, 5.74) is 1.93. The van der Waals surface area contributed by atoms with Crippen LogP contribution in [-0.2, 0) is 30.8 Å². The molecule has 2 aromatic rings. The topological polar surface area (TPSA) is 102 Å². The molecule has 2 aromatic carbocycles. The summed E-state index contributed by atoms with van der Waals surface area (Å²) >= 11 is 5.88. The molecule has 29 heavy (non-hydrogen) atoms. The molecule has 0 saturated heterocycles. The van der Waals surface area contributed by atoms with Gasteiger partial charge in [0.15, 0.2) is 0 Å². The van der Waals surface area contributed by atoms with Crippen LogP contribution in [0.4, 0.5) is 5.69 Å². The minimum Gasteiger partial charge on any atom is -0.466 e. The number of amides is 1. The summed E-state index contributed by atoms with van der Waals surface area (Å²) in [6, 6.07) is 12.7. The van der Waals surface area contributed by atoms with Crippen LogP contribution in [-0.4, -0.2) is 33.2 Å². The molecular weight excluding hydrogens is 416 g/mol. The molecule has 7 nitrogen and oxygen atoms in total. The van der Waals surface area contributed by atoms with Crippen LogP contribution in [0, 0.1) is 0 Å². The van der Waals surface area contributed by atoms with Crippen LogP contribution in [0.15, 0.2) is 48.5 Å². The van der Waals surface area contributed by atoms with Crippen LogP contribution in [0.1, 0.15) is 30.5 Å². The Morgan fingerprint density at radius 2 is 1.69 bits per heavy atom. The maximum absolute atomic E-state index is 12.5. The number of carbonyl (C=O) groups is 2. The fourth-order valence-corrected chi connectivity index (χ4v) is 3.53. The van der Waals surface area contributed by atoms with Crippen LogP contribution in [0.25, 0.3) is 0 Å². The van der Waals surface area contributed by atoms with Gasteiger partial charge in [0.2, 0.25) is 15.9 Å². The van der Waals surface area contributed by atoms with Crippen molar-refractivity contribution in [3.63, 3.8) is 0 Å². The number of rotatable bonds is 9. The van der Waals surface area contributed by atoms with Crippen molar-refractivity contribution < 1.29 is 22.7 Å². The molecule has 0 spiro atoms. The number of nitrogens with one attached hydrogen (secondary N) is 2. The zero-order valence-electron chi connectivity index (χ0n) is 16.1. The Balaban J connectivity index is 2.03. The molecule has 156 valence electrons. The lowest BCUT2D eigenvalue weighted by molar-refractivity contribution is -0.142. The van der Waals surface area contributed by atoms with E-state index in [4.69, 9.17) is 16.3 Å². The van der Waals surface area contributed by atoms with E-state index in [9.17, 15) is 18.0 Å². The molecule has 1 amide bonds. The molecule has 0 aromatic heterocycles. The quantitative estimate of drug-likeness (QED) is 0.586. The van der Waals surface area contributed by atoms with Crippen molar-refractivity contribution in [2.75, 3.05) is 18.2 Å². The highest BCUT2D eigenvalue weighted by molar-refractivity contribution is 7.88. The number of hydrogen-bond acceptors (Lipinski definition) is 5. The van der Waals surface area contributed by atoms with Gasteiger partial charge in [-0.25, -0.2) is 13.1 Å². The van der Waals surface area contributed by atoms with Gasteiger partial charge in [-0.3, -0.25) is 9.59 Å². The number of sulfonamides is 1. The van der Waals surface area contributed by atoms with Gasteiger partial charge in [-0.2, -0.15) is 0 Å². The highest BCUT2D eigenvalue weighted by Crippen LogP contribution is 2.21. The van der Waals surface area contributed by atoms with E-state index in [1.807, 2.05) is 0 Å². The summed E-state index contributed by atoms with van der Waals surface area (Å²) in [4.78, 5) is 24.0. The van der Waals surface area contributed by atoms with Crippen molar-refractivity contribution in [1.29, 1.82) is 0 Å². The Hall–Kier alpha value is -2.42. The van der Waals surface area contributed by atoms with E-state index in [1.54, 1.807) is 55.5 Å². The Morgan fingerprint density at radius 1 is 1.07 bits per heavy atom. The van der Waals surface area contributed by atoms with Crippen LogP contribution < -0.4 is 10.0 Å². The van der Waals surface area contributed by atoms with Gasteiger partial charge in [-0.05, 0) is 42.3 Å². The highest BCUT2D eigenvalue weighted by atomic mass is 35.5. The lowest BCUT2D eigenvalue weighted by atomic mass is 10.0. The summed E-state index contributed by atoms with van der Waals surface area (Å²) in [7, 11) is -3.53. The molecule has 0 saturated carbocycles. The van der Waals surface area contributed by atoms with Gasteiger partial charge in [0, 0.05) is 17.1 Å². The number of halogens is 1. The molecule has 0 aliphatic carbocycles. The fraction of sp³-hybridized carbons (Fsp3) is 0.300. The molecular formula is C20H23ClN2O5S. The van der Waals surface area contributed by atoms with E-state index < -0.39 is 16.1 Å². The lowest BCUT2D eigenvalue weighted by Gasteiger charge is -2.18. The summed E-state index contributed by atoms with van der Waals surface area (Å²) in [6.07, 6.45) is 1.09. The smallest absolute Gasteiger partial charge is 0.310 e. The molecule has 0 aliphatic rings. The largest absolute Gasteiger partial charge is 0.466 e. The minimum absolute atomic E-state index is 0.0979. The van der Waals surface area contributed by atoms with E-state index in [-0.39, 0.29) is 24.7 Å². The minimum atomic E-state index is -3.53. The Morgan fingerprint density at radius 3 is 2.24 bits per heavy atom. The first kappa shape index (κ1) is 22.9. The first-order valence-corrected chi connectivity index (χ1v) is 11.2. The Kier molecular flexibility index (Phi) is 8.19. The van der Waals surface area contributed by atoms with Crippen LogP contribution >= 0.6 is 11.6 Å². The SMILES string of the molecule is CCOC(=O)Cc1ccc(NC(=O)CC(NS(C)(=O)=O)c2ccc(Cl)cc2)cc1. The number of ether oxygens (including phenoxy) is 1. The second-order valence-electron chi connectivity index (χ2n) is 6.43. The average molecular weight is 439 g/mol. The van der Waals surface area contributed by atoms with E-state index >= 15 is 0 Å². The van der Waals surface area contributed by atoms with E-state index in [0.29, 0.717) is 22.9 Å². The second-order valence-corrected chi connectivity index (χ2v) is 8.64. The summed E-state index contributed by atoms with van der Waals surface area (Å²) < 4.78 is 30.7. The van der Waals surface area contributed by atoms with Gasteiger partial charge in [-0.15, -0.1) is 0 Å². The van der Waals surface area contributed by atoms with Crippen LogP contribution in [0.2, 0.25) is 5.02 Å². The lowest BCUT2D eigenvalue weighted by Crippen LogP contribution is -2.30. The van der Waals surface area contributed by atoms with Gasteiger partial charge >= 0.3 is 5.97 Å². The zero-order valence-corrected chi connectivity index (χ0v) is 17.7. The molecule has 2 N–H and O–H groups in total. The van der Waals surface area contributed by atoms with E-state index in [0.717, 1.165) is 11.8 Å². The van der Waals surface area contributed by atoms with Crippen molar-refractivity contribution in [3.05, 3.63) is 64.7 Å². The van der Waals surface area contributed by atoms with Gasteiger partial charge in [-0.1, -0.05) is 35.9 Å². The van der Waals surface area contributed by atoms with Gasteiger partial charge in [0.05, 0.1) is 25.3 Å². The third-order valence-electron chi connectivity index (χ3n) is 3.91. The molecule has 0 fully saturated rings. The molecule has 1 unspecified atom stereocenters. The summed E-state index contributed by atoms with van der Waals surface area (Å²) in [5, 5.41) is 3.24. The monoisotopic (exact) mass is 438 g/mol. The van der Waals surface area contributed by atoms with Crippen LogP contribution in [0.5, 0.6) is 0 Å². The first-order valence-electron chi connectivity index (χ1n) is 8.93. The van der Waals surface area contributed by atoms with Crippen LogP contribution in [0.3, 0.4) is 0 Å². The van der Waals surface area contributed by atoms with E-state index in [1.165, 1.54) is 0 Å². The fourth-order valence-electron chi connectivity index (χ4n) is 2.66. The van der Waals surface area contributed by atoms with Gasteiger partial charge in [0.1, 0.15) is 0 Å². The maximum Gasteiger partial charge on any atom is 0.310 e. The number of benzene rings is 2. The normalized spacial score (nSPS) is 12.2. The van der Waals surface area contributed by atoms with E-state index in [2.05, 4.69) is 10.0 Å². The second kappa shape index (κ2) is 10.4. The maximum atomic E-state index is 12.5. The van der Waals surface area contributed by atoms with Crippen molar-refractivity contribution >= 4 is 39.2 Å². The van der Waals surface area contributed by atoms with Crippen molar-refractivity contribution in [2.45, 2.75) is 25.8 Å². The molecule has 0 bridgehead atoms.